The monoisotopic (exact) mass is 275 g/mol. The number of hydrogen-bond donors (Lipinski definition) is 0. The minimum Gasteiger partial charge on any atom is -0.328 e. The summed E-state index contributed by atoms with van der Waals surface area (Å²) >= 11 is 0. The van der Waals surface area contributed by atoms with Crippen LogP contribution in [0, 0.1) is 0 Å². The number of pyridine rings is 1. The SMILES string of the molecule is CC(C)c1cn([C@H]2CCN(CCF)C2)c2ncccc12. The summed E-state index contributed by atoms with van der Waals surface area (Å²) in [5, 5.41) is 1.26. The second kappa shape index (κ2) is 5.52. The Labute approximate surface area is 119 Å². The Morgan fingerprint density at radius 3 is 3.05 bits per heavy atom. The Morgan fingerprint density at radius 2 is 2.30 bits per heavy atom. The van der Waals surface area contributed by atoms with Crippen LogP contribution in [0.2, 0.25) is 0 Å². The number of alkyl halides is 1. The summed E-state index contributed by atoms with van der Waals surface area (Å²) in [7, 11) is 0. The third-order valence-electron chi connectivity index (χ3n) is 4.28. The van der Waals surface area contributed by atoms with E-state index in [9.17, 15) is 4.39 Å². The van der Waals surface area contributed by atoms with Crippen molar-refractivity contribution < 1.29 is 4.39 Å². The van der Waals surface area contributed by atoms with Crippen LogP contribution in [0.5, 0.6) is 0 Å². The molecule has 1 fully saturated rings. The van der Waals surface area contributed by atoms with Crippen molar-refractivity contribution in [2.75, 3.05) is 26.3 Å². The van der Waals surface area contributed by atoms with Crippen molar-refractivity contribution >= 4 is 11.0 Å². The van der Waals surface area contributed by atoms with E-state index in [0.29, 0.717) is 18.5 Å². The maximum Gasteiger partial charge on any atom is 0.140 e. The van der Waals surface area contributed by atoms with Crippen LogP contribution in [0.1, 0.15) is 37.8 Å². The summed E-state index contributed by atoms with van der Waals surface area (Å²) in [5.74, 6) is 0.492. The maximum absolute atomic E-state index is 12.5. The average Bonchev–Trinajstić information content (AvgIpc) is 3.03. The van der Waals surface area contributed by atoms with Gasteiger partial charge in [0, 0.05) is 43.5 Å². The van der Waals surface area contributed by atoms with Gasteiger partial charge in [0.25, 0.3) is 0 Å². The van der Waals surface area contributed by atoms with Gasteiger partial charge in [-0.1, -0.05) is 13.8 Å². The number of hydrogen-bond acceptors (Lipinski definition) is 2. The van der Waals surface area contributed by atoms with Crippen molar-refractivity contribution in [2.45, 2.75) is 32.2 Å². The second-order valence-corrected chi connectivity index (χ2v) is 5.95. The molecule has 0 bridgehead atoms. The van der Waals surface area contributed by atoms with Gasteiger partial charge in [-0.05, 0) is 30.0 Å². The molecule has 20 heavy (non-hydrogen) atoms. The molecule has 1 saturated heterocycles. The zero-order valence-electron chi connectivity index (χ0n) is 12.2. The number of rotatable bonds is 4. The van der Waals surface area contributed by atoms with Crippen LogP contribution in [0.3, 0.4) is 0 Å². The third-order valence-corrected chi connectivity index (χ3v) is 4.28. The van der Waals surface area contributed by atoms with Crippen LogP contribution in [0.4, 0.5) is 4.39 Å². The molecule has 0 radical (unpaired) electrons. The maximum atomic E-state index is 12.5. The summed E-state index contributed by atoms with van der Waals surface area (Å²) in [6.07, 6.45) is 5.20. The summed E-state index contributed by atoms with van der Waals surface area (Å²) in [5.41, 5.74) is 2.43. The summed E-state index contributed by atoms with van der Waals surface area (Å²) in [4.78, 5) is 6.77. The molecule has 0 saturated carbocycles. The van der Waals surface area contributed by atoms with Crippen molar-refractivity contribution in [2.24, 2.45) is 0 Å². The predicted molar refractivity (Wildman–Crippen MR) is 79.9 cm³/mol. The van der Waals surface area contributed by atoms with Crippen LogP contribution < -0.4 is 0 Å². The fourth-order valence-electron chi connectivity index (χ4n) is 3.21. The van der Waals surface area contributed by atoms with Crippen molar-refractivity contribution in [1.82, 2.24) is 14.5 Å². The predicted octanol–water partition coefficient (Wildman–Crippen LogP) is 3.38. The highest BCUT2D eigenvalue weighted by Crippen LogP contribution is 2.31. The average molecular weight is 275 g/mol. The highest BCUT2D eigenvalue weighted by molar-refractivity contribution is 5.81. The van der Waals surface area contributed by atoms with E-state index in [1.807, 2.05) is 12.3 Å². The van der Waals surface area contributed by atoms with Crippen LogP contribution in [-0.4, -0.2) is 40.8 Å². The van der Waals surface area contributed by atoms with Gasteiger partial charge in [-0.15, -0.1) is 0 Å². The first kappa shape index (κ1) is 13.6. The van der Waals surface area contributed by atoms with Gasteiger partial charge < -0.3 is 4.57 Å². The smallest absolute Gasteiger partial charge is 0.140 e. The topological polar surface area (TPSA) is 21.1 Å². The van der Waals surface area contributed by atoms with Gasteiger partial charge >= 0.3 is 0 Å². The second-order valence-electron chi connectivity index (χ2n) is 5.95. The van der Waals surface area contributed by atoms with E-state index >= 15 is 0 Å². The van der Waals surface area contributed by atoms with Gasteiger partial charge in [0.1, 0.15) is 12.3 Å². The first-order valence-electron chi connectivity index (χ1n) is 7.44. The lowest BCUT2D eigenvalue weighted by atomic mass is 10.0. The molecule has 3 heterocycles. The van der Waals surface area contributed by atoms with Gasteiger partial charge in [0.2, 0.25) is 0 Å². The van der Waals surface area contributed by atoms with Crippen molar-refractivity contribution in [3.8, 4) is 0 Å². The van der Waals surface area contributed by atoms with Gasteiger partial charge in [0.15, 0.2) is 0 Å². The fourth-order valence-corrected chi connectivity index (χ4v) is 3.21. The molecule has 0 spiro atoms. The lowest BCUT2D eigenvalue weighted by molar-refractivity contribution is 0.288. The van der Waals surface area contributed by atoms with Gasteiger partial charge in [0.05, 0.1) is 0 Å². The summed E-state index contributed by atoms with van der Waals surface area (Å²) in [6, 6.07) is 4.58. The molecule has 1 atom stereocenters. The van der Waals surface area contributed by atoms with Crippen molar-refractivity contribution in [3.05, 3.63) is 30.1 Å². The Hall–Kier alpha value is -1.42. The molecule has 2 aromatic heterocycles. The molecule has 0 aliphatic carbocycles. The van der Waals surface area contributed by atoms with E-state index in [4.69, 9.17) is 0 Å². The standard InChI is InChI=1S/C16H22FN3/c1-12(2)15-11-20(16-14(15)4-3-7-18-16)13-5-8-19(10-13)9-6-17/h3-4,7,11-13H,5-6,8-10H2,1-2H3/t13-/m0/s1. The van der Waals surface area contributed by atoms with E-state index in [-0.39, 0.29) is 6.67 Å². The molecule has 0 N–H and O–H groups in total. The van der Waals surface area contributed by atoms with E-state index in [2.05, 4.69) is 40.6 Å². The molecule has 3 rings (SSSR count). The number of nitrogens with zero attached hydrogens (tertiary/aromatic N) is 3. The molecule has 0 amide bonds. The molecular formula is C16H22FN3. The normalized spacial score (nSPS) is 20.3. The van der Waals surface area contributed by atoms with E-state index in [1.54, 1.807) is 0 Å². The van der Waals surface area contributed by atoms with Gasteiger partial charge in [-0.25, -0.2) is 9.37 Å². The minimum absolute atomic E-state index is 0.255. The lowest BCUT2D eigenvalue weighted by Gasteiger charge is -2.15. The van der Waals surface area contributed by atoms with Crippen LogP contribution >= 0.6 is 0 Å². The Bertz CT molecular complexity index is 590. The third kappa shape index (κ3) is 2.33. The lowest BCUT2D eigenvalue weighted by Crippen LogP contribution is -2.23. The largest absolute Gasteiger partial charge is 0.328 e. The molecule has 108 valence electrons. The highest BCUT2D eigenvalue weighted by Gasteiger charge is 2.25. The molecule has 1 aliphatic heterocycles. The van der Waals surface area contributed by atoms with Gasteiger partial charge in [-0.2, -0.15) is 0 Å². The zero-order chi connectivity index (χ0) is 14.1. The number of aromatic nitrogens is 2. The fraction of sp³-hybridized carbons (Fsp3) is 0.562. The summed E-state index contributed by atoms with van der Waals surface area (Å²) < 4.78 is 14.8. The van der Waals surface area contributed by atoms with Crippen LogP contribution in [-0.2, 0) is 0 Å². The molecular weight excluding hydrogens is 253 g/mol. The Kier molecular flexibility index (Phi) is 3.74. The van der Waals surface area contributed by atoms with Crippen molar-refractivity contribution in [3.63, 3.8) is 0 Å². The molecule has 0 unspecified atom stereocenters. The summed E-state index contributed by atoms with van der Waals surface area (Å²) in [6.45, 7) is 6.65. The molecule has 3 nitrogen and oxygen atoms in total. The zero-order valence-corrected chi connectivity index (χ0v) is 12.2. The molecule has 2 aromatic rings. The van der Waals surface area contributed by atoms with Crippen LogP contribution in [0.25, 0.3) is 11.0 Å². The minimum atomic E-state index is -0.255. The van der Waals surface area contributed by atoms with Gasteiger partial charge in [-0.3, -0.25) is 4.90 Å². The first-order chi connectivity index (χ1) is 9.70. The first-order valence-corrected chi connectivity index (χ1v) is 7.44. The van der Waals surface area contributed by atoms with E-state index in [0.717, 1.165) is 25.2 Å². The molecule has 1 aliphatic rings. The number of halogens is 1. The Balaban J connectivity index is 1.96. The van der Waals surface area contributed by atoms with E-state index < -0.39 is 0 Å². The Morgan fingerprint density at radius 1 is 1.45 bits per heavy atom. The van der Waals surface area contributed by atoms with Crippen LogP contribution in [0.15, 0.2) is 24.5 Å². The molecule has 0 aromatic carbocycles. The highest BCUT2D eigenvalue weighted by atomic mass is 19.1. The van der Waals surface area contributed by atoms with Crippen molar-refractivity contribution in [1.29, 1.82) is 0 Å². The van der Waals surface area contributed by atoms with E-state index in [1.165, 1.54) is 10.9 Å². The molecule has 4 heteroatoms. The quantitative estimate of drug-likeness (QED) is 0.853. The number of fused-ring (bicyclic) bond motifs is 1. The number of likely N-dealkylation sites (tertiary alicyclic amines) is 1.